The summed E-state index contributed by atoms with van der Waals surface area (Å²) in [7, 11) is 4.06. The molecule has 44 heavy (non-hydrogen) atoms. The van der Waals surface area contributed by atoms with Crippen LogP contribution in [0.1, 0.15) is 50.7 Å². The van der Waals surface area contributed by atoms with Crippen LogP contribution in [0.25, 0.3) is 10.9 Å². The van der Waals surface area contributed by atoms with Crippen molar-refractivity contribution in [2.24, 2.45) is 5.92 Å². The number of ether oxygens (including phenoxy) is 1. The van der Waals surface area contributed by atoms with Gasteiger partial charge in [0.25, 0.3) is 0 Å². The van der Waals surface area contributed by atoms with E-state index in [1.54, 1.807) is 0 Å². The quantitative estimate of drug-likeness (QED) is 0.131. The zero-order valence-electron chi connectivity index (χ0n) is 26.6. The summed E-state index contributed by atoms with van der Waals surface area (Å²) in [6.45, 7) is 7.89. The van der Waals surface area contributed by atoms with Crippen molar-refractivity contribution in [1.29, 1.82) is 0 Å². The molecule has 1 aromatic heterocycles. The standard InChI is InChI=1S/C36H47ClN6O/c1-36(2,44-31-19-13-26(14-20-31)21-22-38-23-27-9-15-29(37)16-10-27)25-39-24-28-11-17-30(18-12-28)40-35-41-33-8-6-5-7-32(33)34(42-35)43(3)4/h5-10,13-16,19-20,28,30,38-39H,11-12,17-18,21-25H2,1-4H3,(H,40,41,42). The fourth-order valence-corrected chi connectivity index (χ4v) is 6.01. The van der Waals surface area contributed by atoms with Gasteiger partial charge in [-0.15, -0.1) is 0 Å². The Hall–Kier alpha value is -3.39. The number of nitrogens with one attached hydrogen (secondary N) is 3. The summed E-state index contributed by atoms with van der Waals surface area (Å²) in [4.78, 5) is 11.7. The van der Waals surface area contributed by atoms with E-state index in [1.165, 1.54) is 24.0 Å². The monoisotopic (exact) mass is 614 g/mol. The lowest BCUT2D eigenvalue weighted by Gasteiger charge is -2.31. The first-order valence-corrected chi connectivity index (χ1v) is 16.3. The number of hydrogen-bond donors (Lipinski definition) is 3. The minimum Gasteiger partial charge on any atom is -0.487 e. The van der Waals surface area contributed by atoms with Gasteiger partial charge in [0.1, 0.15) is 17.2 Å². The van der Waals surface area contributed by atoms with Gasteiger partial charge in [-0.3, -0.25) is 0 Å². The second-order valence-corrected chi connectivity index (χ2v) is 13.3. The molecule has 0 unspecified atom stereocenters. The summed E-state index contributed by atoms with van der Waals surface area (Å²) in [5, 5.41) is 12.7. The first kappa shape index (κ1) is 32.0. The second kappa shape index (κ2) is 15.1. The van der Waals surface area contributed by atoms with Crippen LogP contribution in [0.2, 0.25) is 5.02 Å². The summed E-state index contributed by atoms with van der Waals surface area (Å²) >= 11 is 5.97. The molecule has 3 aromatic carbocycles. The van der Waals surface area contributed by atoms with Gasteiger partial charge in [-0.1, -0.05) is 48.0 Å². The van der Waals surface area contributed by atoms with Crippen LogP contribution in [0.4, 0.5) is 11.8 Å². The number of para-hydroxylation sites is 1. The van der Waals surface area contributed by atoms with Crippen LogP contribution in [0, 0.1) is 5.92 Å². The van der Waals surface area contributed by atoms with Gasteiger partial charge in [0.15, 0.2) is 0 Å². The van der Waals surface area contributed by atoms with Crippen LogP contribution in [0.5, 0.6) is 5.75 Å². The average molecular weight is 615 g/mol. The molecule has 0 saturated heterocycles. The highest BCUT2D eigenvalue weighted by atomic mass is 35.5. The Morgan fingerprint density at radius 1 is 0.864 bits per heavy atom. The van der Waals surface area contributed by atoms with E-state index >= 15 is 0 Å². The number of nitrogens with zero attached hydrogens (tertiary/aromatic N) is 3. The molecular weight excluding hydrogens is 568 g/mol. The predicted molar refractivity (Wildman–Crippen MR) is 184 cm³/mol. The summed E-state index contributed by atoms with van der Waals surface area (Å²) < 4.78 is 6.36. The first-order chi connectivity index (χ1) is 21.2. The molecule has 7 nitrogen and oxygen atoms in total. The molecule has 1 aliphatic rings. The molecule has 1 aliphatic carbocycles. The molecule has 1 saturated carbocycles. The highest BCUT2D eigenvalue weighted by Gasteiger charge is 2.24. The molecule has 0 radical (unpaired) electrons. The van der Waals surface area contributed by atoms with E-state index in [2.05, 4.69) is 83.2 Å². The predicted octanol–water partition coefficient (Wildman–Crippen LogP) is 7.10. The topological polar surface area (TPSA) is 74.3 Å². The molecule has 8 heteroatoms. The summed E-state index contributed by atoms with van der Waals surface area (Å²) in [6, 6.07) is 25.1. The number of halogens is 1. The van der Waals surface area contributed by atoms with Crippen LogP contribution < -0.4 is 25.6 Å². The fourth-order valence-electron chi connectivity index (χ4n) is 5.88. The van der Waals surface area contributed by atoms with Gasteiger partial charge in [0, 0.05) is 43.6 Å². The van der Waals surface area contributed by atoms with Crippen LogP contribution in [-0.4, -0.2) is 55.3 Å². The molecule has 1 fully saturated rings. The first-order valence-electron chi connectivity index (χ1n) is 15.9. The minimum atomic E-state index is -0.294. The molecule has 0 spiro atoms. The van der Waals surface area contributed by atoms with Crippen molar-refractivity contribution >= 4 is 34.3 Å². The van der Waals surface area contributed by atoms with E-state index < -0.39 is 0 Å². The SMILES string of the molecule is CN(C)c1nc(NC2CCC(CNCC(C)(C)Oc3ccc(CCNCc4ccc(Cl)cc4)cc3)CC2)nc2ccccc12. The van der Waals surface area contributed by atoms with E-state index in [-0.39, 0.29) is 5.60 Å². The lowest BCUT2D eigenvalue weighted by molar-refractivity contribution is 0.106. The average Bonchev–Trinajstić information content (AvgIpc) is 3.01. The summed E-state index contributed by atoms with van der Waals surface area (Å²) in [6.07, 6.45) is 5.61. The van der Waals surface area contributed by atoms with Gasteiger partial charge in [0.2, 0.25) is 5.95 Å². The third-order valence-electron chi connectivity index (χ3n) is 8.32. The highest BCUT2D eigenvalue weighted by Crippen LogP contribution is 2.28. The van der Waals surface area contributed by atoms with Crippen molar-refractivity contribution in [2.75, 3.05) is 43.9 Å². The number of benzene rings is 3. The van der Waals surface area contributed by atoms with Crippen molar-refractivity contribution in [3.05, 3.63) is 88.9 Å². The number of hydrogen-bond acceptors (Lipinski definition) is 7. The van der Waals surface area contributed by atoms with Crippen molar-refractivity contribution in [3.8, 4) is 5.75 Å². The van der Waals surface area contributed by atoms with Crippen molar-refractivity contribution in [3.63, 3.8) is 0 Å². The van der Waals surface area contributed by atoms with E-state index in [9.17, 15) is 0 Å². The minimum absolute atomic E-state index is 0.294. The highest BCUT2D eigenvalue weighted by molar-refractivity contribution is 6.30. The molecule has 0 aliphatic heterocycles. The molecule has 0 atom stereocenters. The lowest BCUT2D eigenvalue weighted by atomic mass is 9.86. The zero-order valence-corrected chi connectivity index (χ0v) is 27.3. The molecular formula is C36H47ClN6O. The van der Waals surface area contributed by atoms with Crippen LogP contribution in [-0.2, 0) is 13.0 Å². The molecule has 0 bridgehead atoms. The Kier molecular flexibility index (Phi) is 11.0. The van der Waals surface area contributed by atoms with E-state index in [0.29, 0.717) is 12.0 Å². The summed E-state index contributed by atoms with van der Waals surface area (Å²) in [5.41, 5.74) is 3.22. The number of fused-ring (bicyclic) bond motifs is 1. The van der Waals surface area contributed by atoms with Crippen molar-refractivity contribution in [2.45, 2.75) is 64.1 Å². The maximum absolute atomic E-state index is 6.36. The zero-order chi connectivity index (χ0) is 30.9. The Labute approximate surface area is 267 Å². The molecule has 5 rings (SSSR count). The number of aromatic nitrogens is 2. The Bertz CT molecular complexity index is 1470. The molecule has 4 aromatic rings. The van der Waals surface area contributed by atoms with Gasteiger partial charge in [-0.05, 0) is 112 Å². The van der Waals surface area contributed by atoms with E-state index in [4.69, 9.17) is 26.3 Å². The summed E-state index contributed by atoms with van der Waals surface area (Å²) in [5.74, 6) is 3.27. The lowest BCUT2D eigenvalue weighted by Crippen LogP contribution is -2.42. The molecule has 1 heterocycles. The maximum Gasteiger partial charge on any atom is 0.225 e. The number of rotatable bonds is 14. The normalized spacial score (nSPS) is 17.0. The van der Waals surface area contributed by atoms with Crippen LogP contribution in [0.15, 0.2) is 72.8 Å². The number of anilines is 2. The molecule has 3 N–H and O–H groups in total. The van der Waals surface area contributed by atoms with Crippen molar-refractivity contribution < 1.29 is 4.74 Å². The molecule has 234 valence electrons. The van der Waals surface area contributed by atoms with E-state index in [0.717, 1.165) is 78.9 Å². The third kappa shape index (κ3) is 9.31. The Balaban J connectivity index is 0.996. The largest absolute Gasteiger partial charge is 0.487 e. The Morgan fingerprint density at radius 2 is 1.57 bits per heavy atom. The van der Waals surface area contributed by atoms with Gasteiger partial charge in [0.05, 0.1) is 5.52 Å². The van der Waals surface area contributed by atoms with Gasteiger partial charge < -0.3 is 25.6 Å². The van der Waals surface area contributed by atoms with Gasteiger partial charge >= 0.3 is 0 Å². The fraction of sp³-hybridized carbons (Fsp3) is 0.444. The Morgan fingerprint density at radius 3 is 2.30 bits per heavy atom. The van der Waals surface area contributed by atoms with Gasteiger partial charge in [-0.2, -0.15) is 4.98 Å². The van der Waals surface area contributed by atoms with Crippen LogP contribution in [0.3, 0.4) is 0 Å². The molecule has 0 amide bonds. The third-order valence-corrected chi connectivity index (χ3v) is 8.57. The van der Waals surface area contributed by atoms with Crippen LogP contribution >= 0.6 is 11.6 Å². The van der Waals surface area contributed by atoms with E-state index in [1.807, 2.05) is 38.4 Å². The second-order valence-electron chi connectivity index (χ2n) is 12.8. The van der Waals surface area contributed by atoms with Gasteiger partial charge in [-0.25, -0.2) is 4.98 Å². The maximum atomic E-state index is 6.36. The smallest absolute Gasteiger partial charge is 0.225 e. The van der Waals surface area contributed by atoms with Crippen molar-refractivity contribution in [1.82, 2.24) is 20.6 Å².